The smallest absolute Gasteiger partial charge is 0.115 e. The van der Waals surface area contributed by atoms with Gasteiger partial charge in [0.2, 0.25) is 0 Å². The highest BCUT2D eigenvalue weighted by Crippen LogP contribution is 2.38. The van der Waals surface area contributed by atoms with Crippen molar-refractivity contribution in [1.82, 2.24) is 0 Å². The fourth-order valence-corrected chi connectivity index (χ4v) is 2.11. The van der Waals surface area contributed by atoms with Crippen molar-refractivity contribution in [3.63, 3.8) is 0 Å². The van der Waals surface area contributed by atoms with Gasteiger partial charge in [0, 0.05) is 6.04 Å². The van der Waals surface area contributed by atoms with Crippen LogP contribution >= 0.6 is 0 Å². The fourth-order valence-electron chi connectivity index (χ4n) is 2.11. The van der Waals surface area contributed by atoms with Crippen LogP contribution in [0.1, 0.15) is 46.0 Å². The minimum absolute atomic E-state index is 0.0951. The first kappa shape index (κ1) is 9.97. The van der Waals surface area contributed by atoms with E-state index in [2.05, 4.69) is 0 Å². The quantitative estimate of drug-likeness (QED) is 0.682. The van der Waals surface area contributed by atoms with E-state index in [-0.39, 0.29) is 12.0 Å². The molecule has 0 aliphatic heterocycles. The van der Waals surface area contributed by atoms with E-state index in [0.29, 0.717) is 6.42 Å². The van der Waals surface area contributed by atoms with Crippen LogP contribution in [0.25, 0.3) is 0 Å². The van der Waals surface area contributed by atoms with Crippen LogP contribution in [0.4, 0.5) is 4.39 Å². The second kappa shape index (κ2) is 3.73. The van der Waals surface area contributed by atoms with Crippen LogP contribution < -0.4 is 5.73 Å². The molecule has 0 spiro atoms. The van der Waals surface area contributed by atoms with Gasteiger partial charge < -0.3 is 5.73 Å². The molecule has 1 aliphatic carbocycles. The average molecular weight is 173 g/mol. The van der Waals surface area contributed by atoms with Crippen molar-refractivity contribution in [2.45, 2.75) is 57.7 Å². The minimum Gasteiger partial charge on any atom is -0.328 e. The van der Waals surface area contributed by atoms with Gasteiger partial charge in [-0.05, 0) is 31.6 Å². The van der Waals surface area contributed by atoms with Crippen LogP contribution in [-0.2, 0) is 0 Å². The van der Waals surface area contributed by atoms with Crippen molar-refractivity contribution < 1.29 is 4.39 Å². The Morgan fingerprint density at radius 2 is 2.33 bits per heavy atom. The highest BCUT2D eigenvalue weighted by atomic mass is 19.1. The van der Waals surface area contributed by atoms with Crippen molar-refractivity contribution in [1.29, 1.82) is 0 Å². The van der Waals surface area contributed by atoms with Gasteiger partial charge in [0.1, 0.15) is 5.67 Å². The number of nitrogens with two attached hydrogens (primary N) is 1. The van der Waals surface area contributed by atoms with E-state index in [1.165, 1.54) is 0 Å². The molecular formula is C10H20FN. The van der Waals surface area contributed by atoms with E-state index in [1.807, 2.05) is 13.8 Å². The Hall–Kier alpha value is -0.110. The van der Waals surface area contributed by atoms with E-state index in [4.69, 9.17) is 5.73 Å². The van der Waals surface area contributed by atoms with E-state index < -0.39 is 5.67 Å². The third kappa shape index (κ3) is 1.98. The summed E-state index contributed by atoms with van der Waals surface area (Å²) in [6.45, 7) is 4.05. The maximum atomic E-state index is 14.1. The Kier molecular flexibility index (Phi) is 3.10. The molecule has 0 bridgehead atoms. The summed E-state index contributed by atoms with van der Waals surface area (Å²) >= 11 is 0. The molecule has 0 saturated heterocycles. The minimum atomic E-state index is -0.966. The number of hydrogen-bond donors (Lipinski definition) is 1. The zero-order valence-electron chi connectivity index (χ0n) is 8.15. The van der Waals surface area contributed by atoms with Crippen LogP contribution in [0.3, 0.4) is 0 Å². The third-order valence-corrected chi connectivity index (χ3v) is 3.26. The molecule has 12 heavy (non-hydrogen) atoms. The lowest BCUT2D eigenvalue weighted by atomic mass is 9.75. The molecular weight excluding hydrogens is 153 g/mol. The second-order valence-corrected chi connectivity index (χ2v) is 4.20. The van der Waals surface area contributed by atoms with Crippen molar-refractivity contribution in [3.05, 3.63) is 0 Å². The number of alkyl halides is 1. The van der Waals surface area contributed by atoms with Crippen molar-refractivity contribution in [2.75, 3.05) is 0 Å². The molecule has 1 fully saturated rings. The fraction of sp³-hybridized carbons (Fsp3) is 1.00. The van der Waals surface area contributed by atoms with Crippen LogP contribution in [0.5, 0.6) is 0 Å². The number of hydrogen-bond acceptors (Lipinski definition) is 1. The van der Waals surface area contributed by atoms with Gasteiger partial charge in [-0.3, -0.25) is 0 Å². The van der Waals surface area contributed by atoms with Gasteiger partial charge in [0.25, 0.3) is 0 Å². The molecule has 3 unspecified atom stereocenters. The Labute approximate surface area is 74.5 Å². The lowest BCUT2D eigenvalue weighted by Crippen LogP contribution is -2.42. The van der Waals surface area contributed by atoms with Gasteiger partial charge in [-0.2, -0.15) is 0 Å². The molecule has 0 radical (unpaired) electrons. The van der Waals surface area contributed by atoms with Crippen LogP contribution in [-0.4, -0.2) is 11.7 Å². The summed E-state index contributed by atoms with van der Waals surface area (Å²) in [5.74, 6) is 0.170. The molecule has 1 aliphatic rings. The summed E-state index contributed by atoms with van der Waals surface area (Å²) in [7, 11) is 0. The van der Waals surface area contributed by atoms with Crippen molar-refractivity contribution >= 4 is 0 Å². The van der Waals surface area contributed by atoms with E-state index in [1.54, 1.807) is 0 Å². The highest BCUT2D eigenvalue weighted by molar-refractivity contribution is 4.91. The first-order valence-corrected chi connectivity index (χ1v) is 5.03. The van der Waals surface area contributed by atoms with Gasteiger partial charge in [-0.15, -0.1) is 0 Å². The summed E-state index contributed by atoms with van der Waals surface area (Å²) in [6.07, 6.45) is 4.17. The van der Waals surface area contributed by atoms with E-state index >= 15 is 0 Å². The average Bonchev–Trinajstić information content (AvgIpc) is 2.02. The predicted octanol–water partition coefficient (Wildman–Crippen LogP) is 2.64. The monoisotopic (exact) mass is 173 g/mol. The SMILES string of the molecule is CCC(C)C1(F)CCCC(N)C1. The van der Waals surface area contributed by atoms with Crippen LogP contribution in [0.2, 0.25) is 0 Å². The highest BCUT2D eigenvalue weighted by Gasteiger charge is 2.38. The summed E-state index contributed by atoms with van der Waals surface area (Å²) in [4.78, 5) is 0. The summed E-state index contributed by atoms with van der Waals surface area (Å²) in [5, 5.41) is 0. The van der Waals surface area contributed by atoms with Crippen LogP contribution in [0, 0.1) is 5.92 Å². The Balaban J connectivity index is 2.56. The van der Waals surface area contributed by atoms with Gasteiger partial charge in [0.15, 0.2) is 0 Å². The van der Waals surface area contributed by atoms with E-state index in [9.17, 15) is 4.39 Å². The van der Waals surface area contributed by atoms with E-state index in [0.717, 1.165) is 25.7 Å². The Morgan fingerprint density at radius 1 is 1.67 bits per heavy atom. The van der Waals surface area contributed by atoms with Crippen molar-refractivity contribution in [3.8, 4) is 0 Å². The maximum absolute atomic E-state index is 14.1. The molecule has 72 valence electrons. The molecule has 0 aromatic rings. The Morgan fingerprint density at radius 3 is 2.83 bits per heavy atom. The molecule has 3 atom stereocenters. The topological polar surface area (TPSA) is 26.0 Å². The summed E-state index contributed by atoms with van der Waals surface area (Å²) in [6, 6.07) is 0.0951. The normalized spacial score (nSPS) is 39.5. The maximum Gasteiger partial charge on any atom is 0.115 e. The third-order valence-electron chi connectivity index (χ3n) is 3.26. The number of halogens is 1. The van der Waals surface area contributed by atoms with Crippen molar-refractivity contribution in [2.24, 2.45) is 11.7 Å². The van der Waals surface area contributed by atoms with Gasteiger partial charge in [-0.1, -0.05) is 20.3 Å². The van der Waals surface area contributed by atoms with Gasteiger partial charge in [-0.25, -0.2) is 4.39 Å². The standard InChI is InChI=1S/C10H20FN/c1-3-8(2)10(11)6-4-5-9(12)7-10/h8-9H,3-7,12H2,1-2H3. The summed E-state index contributed by atoms with van der Waals surface area (Å²) < 4.78 is 14.1. The first-order valence-electron chi connectivity index (χ1n) is 5.03. The molecule has 0 heterocycles. The molecule has 1 rings (SSSR count). The number of rotatable bonds is 2. The molecule has 2 N–H and O–H groups in total. The lowest BCUT2D eigenvalue weighted by molar-refractivity contribution is 0.0369. The zero-order valence-corrected chi connectivity index (χ0v) is 8.15. The molecule has 2 heteroatoms. The first-order chi connectivity index (χ1) is 5.58. The summed E-state index contributed by atoms with van der Waals surface area (Å²) in [5.41, 5.74) is 4.80. The molecule has 0 aromatic carbocycles. The zero-order chi connectivity index (χ0) is 9.19. The Bertz CT molecular complexity index is 149. The largest absolute Gasteiger partial charge is 0.328 e. The van der Waals surface area contributed by atoms with Crippen LogP contribution in [0.15, 0.2) is 0 Å². The van der Waals surface area contributed by atoms with Gasteiger partial charge >= 0.3 is 0 Å². The molecule has 0 aromatic heterocycles. The molecule has 0 amide bonds. The second-order valence-electron chi connectivity index (χ2n) is 4.20. The molecule has 1 nitrogen and oxygen atoms in total. The lowest BCUT2D eigenvalue weighted by Gasteiger charge is -2.37. The van der Waals surface area contributed by atoms with Gasteiger partial charge in [0.05, 0.1) is 0 Å². The predicted molar refractivity (Wildman–Crippen MR) is 49.7 cm³/mol. The molecule has 1 saturated carbocycles.